The molecular formula is C32H33N5O. The van der Waals surface area contributed by atoms with Crippen LogP contribution in [0, 0.1) is 0 Å². The quantitative estimate of drug-likeness (QED) is 0.249. The molecule has 6 heteroatoms. The van der Waals surface area contributed by atoms with Crippen LogP contribution in [0.1, 0.15) is 62.8 Å². The number of fused-ring (bicyclic) bond motifs is 6. The molecule has 0 aliphatic carbocycles. The van der Waals surface area contributed by atoms with Crippen molar-refractivity contribution in [3.05, 3.63) is 78.1 Å². The monoisotopic (exact) mass is 503 g/mol. The van der Waals surface area contributed by atoms with Crippen LogP contribution in [0.15, 0.2) is 60.9 Å². The Balaban J connectivity index is 1.27. The van der Waals surface area contributed by atoms with Crippen LogP contribution in [0.3, 0.4) is 0 Å². The third-order valence-electron chi connectivity index (χ3n) is 8.15. The zero-order chi connectivity index (χ0) is 25.8. The van der Waals surface area contributed by atoms with Crippen LogP contribution in [0.5, 0.6) is 5.75 Å². The molecule has 6 nitrogen and oxygen atoms in total. The average Bonchev–Trinajstić information content (AvgIpc) is 3.71. The van der Waals surface area contributed by atoms with E-state index in [2.05, 4.69) is 82.7 Å². The zero-order valence-electron chi connectivity index (χ0n) is 22.1. The summed E-state index contributed by atoms with van der Waals surface area (Å²) in [5.41, 5.74) is 9.06. The molecular weight excluding hydrogens is 470 g/mol. The van der Waals surface area contributed by atoms with Crippen molar-refractivity contribution in [1.82, 2.24) is 24.8 Å². The lowest BCUT2D eigenvalue weighted by molar-refractivity contribution is 0.303. The Morgan fingerprint density at radius 3 is 2.87 bits per heavy atom. The summed E-state index contributed by atoms with van der Waals surface area (Å²) in [6, 6.07) is 15.7. The molecule has 1 saturated heterocycles. The van der Waals surface area contributed by atoms with Crippen molar-refractivity contribution in [3.8, 4) is 28.1 Å². The first-order valence-corrected chi connectivity index (χ1v) is 13.8. The van der Waals surface area contributed by atoms with Crippen molar-refractivity contribution in [1.29, 1.82) is 0 Å². The number of nitrogens with one attached hydrogen (secondary N) is 2. The van der Waals surface area contributed by atoms with E-state index in [0.29, 0.717) is 6.61 Å². The van der Waals surface area contributed by atoms with Crippen LogP contribution in [0.4, 0.5) is 0 Å². The maximum absolute atomic E-state index is 6.32. The summed E-state index contributed by atoms with van der Waals surface area (Å²) in [4.78, 5) is 19.1. The van der Waals surface area contributed by atoms with E-state index >= 15 is 0 Å². The number of rotatable bonds is 6. The molecule has 0 amide bonds. The molecule has 2 N–H and O–H groups in total. The number of likely N-dealkylation sites (tertiary alicyclic amines) is 1. The van der Waals surface area contributed by atoms with Gasteiger partial charge >= 0.3 is 0 Å². The number of aromatic amines is 2. The normalized spacial score (nSPS) is 16.6. The number of ether oxygens (including phenoxy) is 1. The number of benzene rings is 3. The number of nitrogens with zero attached hydrogens (tertiary/aromatic N) is 3. The lowest BCUT2D eigenvalue weighted by Crippen LogP contribution is -2.22. The van der Waals surface area contributed by atoms with E-state index in [1.54, 1.807) is 0 Å². The average molecular weight is 504 g/mol. The van der Waals surface area contributed by atoms with E-state index in [4.69, 9.17) is 9.72 Å². The molecule has 0 radical (unpaired) electrons. The fraction of sp³-hybridized carbons (Fsp3) is 0.312. The fourth-order valence-electron chi connectivity index (χ4n) is 6.18. The molecule has 38 heavy (non-hydrogen) atoms. The standard InChI is InChI=1S/C32H33N5O/c1-4-7-19(3)37-13-6-8-28(37)32-35-26-12-10-20-15-25-23-11-9-21(27-17-33-30(5-2)34-27)14-22(23)18-38-29(25)16-24(20)31(26)36-32/h9-12,14-17,28H,3-8,13,18H2,1-2H3,(H,33,34)(H,35,36). The van der Waals surface area contributed by atoms with E-state index in [1.807, 2.05) is 6.20 Å². The topological polar surface area (TPSA) is 69.8 Å². The predicted octanol–water partition coefficient (Wildman–Crippen LogP) is 7.68. The minimum atomic E-state index is 0.273. The molecule has 4 heterocycles. The molecule has 1 fully saturated rings. The highest BCUT2D eigenvalue weighted by Crippen LogP contribution is 2.43. The zero-order valence-corrected chi connectivity index (χ0v) is 22.1. The number of aryl methyl sites for hydroxylation is 1. The highest BCUT2D eigenvalue weighted by molar-refractivity contribution is 6.07. The summed E-state index contributed by atoms with van der Waals surface area (Å²) in [5, 5.41) is 2.31. The fourth-order valence-corrected chi connectivity index (χ4v) is 6.18. The molecule has 1 atom stereocenters. The summed E-state index contributed by atoms with van der Waals surface area (Å²) in [6.07, 6.45) is 7.24. The van der Waals surface area contributed by atoms with Gasteiger partial charge in [-0.25, -0.2) is 9.97 Å². The second-order valence-electron chi connectivity index (χ2n) is 10.6. The maximum Gasteiger partial charge on any atom is 0.130 e. The van der Waals surface area contributed by atoms with E-state index in [0.717, 1.165) is 82.9 Å². The molecule has 192 valence electrons. The largest absolute Gasteiger partial charge is 0.488 e. The van der Waals surface area contributed by atoms with Gasteiger partial charge in [0.05, 0.1) is 29.0 Å². The first-order chi connectivity index (χ1) is 18.6. The SMILES string of the molecule is C=C(CCC)N1CCCC1c1nc2c(ccc3cc4c(cc32)OCc2cc(-c3cnc(CC)[nH]3)ccc2-4)[nH]1. The van der Waals surface area contributed by atoms with Gasteiger partial charge in [0.15, 0.2) is 0 Å². The van der Waals surface area contributed by atoms with Crippen LogP contribution in [0.2, 0.25) is 0 Å². The van der Waals surface area contributed by atoms with Gasteiger partial charge in [-0.3, -0.25) is 0 Å². The number of hydrogen-bond donors (Lipinski definition) is 2. The second kappa shape index (κ2) is 9.05. The van der Waals surface area contributed by atoms with Crippen LogP contribution in [0.25, 0.3) is 44.2 Å². The Morgan fingerprint density at radius 2 is 2.03 bits per heavy atom. The second-order valence-corrected chi connectivity index (χ2v) is 10.6. The Bertz CT molecular complexity index is 1690. The van der Waals surface area contributed by atoms with Crippen LogP contribution in [-0.2, 0) is 13.0 Å². The summed E-state index contributed by atoms with van der Waals surface area (Å²) >= 11 is 0. The van der Waals surface area contributed by atoms with Crippen molar-refractivity contribution in [3.63, 3.8) is 0 Å². The van der Waals surface area contributed by atoms with Gasteiger partial charge in [-0.05, 0) is 65.6 Å². The van der Waals surface area contributed by atoms with Gasteiger partial charge in [0, 0.05) is 29.6 Å². The molecule has 2 aliphatic heterocycles. The number of allylic oxidation sites excluding steroid dienone is 1. The van der Waals surface area contributed by atoms with Crippen molar-refractivity contribution in [2.24, 2.45) is 0 Å². The Morgan fingerprint density at radius 1 is 1.11 bits per heavy atom. The lowest BCUT2D eigenvalue weighted by Gasteiger charge is -2.27. The number of imidazole rings is 2. The third kappa shape index (κ3) is 3.70. The third-order valence-corrected chi connectivity index (χ3v) is 8.15. The minimum Gasteiger partial charge on any atom is -0.488 e. The lowest BCUT2D eigenvalue weighted by atomic mass is 9.92. The molecule has 0 bridgehead atoms. The molecule has 0 spiro atoms. The van der Waals surface area contributed by atoms with Gasteiger partial charge in [0.25, 0.3) is 0 Å². The summed E-state index contributed by atoms with van der Waals surface area (Å²) in [6.45, 7) is 10.3. The van der Waals surface area contributed by atoms with Crippen molar-refractivity contribution >= 4 is 21.8 Å². The highest BCUT2D eigenvalue weighted by atomic mass is 16.5. The van der Waals surface area contributed by atoms with E-state index < -0.39 is 0 Å². The van der Waals surface area contributed by atoms with E-state index in [-0.39, 0.29) is 6.04 Å². The molecule has 3 aromatic carbocycles. The van der Waals surface area contributed by atoms with Gasteiger partial charge in [-0.2, -0.15) is 0 Å². The minimum absolute atomic E-state index is 0.273. The maximum atomic E-state index is 6.32. The summed E-state index contributed by atoms with van der Waals surface area (Å²) in [7, 11) is 0. The van der Waals surface area contributed by atoms with Gasteiger partial charge < -0.3 is 19.6 Å². The number of hydrogen-bond acceptors (Lipinski definition) is 4. The van der Waals surface area contributed by atoms with Crippen molar-refractivity contribution in [2.45, 2.75) is 58.6 Å². The molecule has 2 aliphatic rings. The van der Waals surface area contributed by atoms with Crippen molar-refractivity contribution in [2.75, 3.05) is 6.54 Å². The number of H-pyrrole nitrogens is 2. The predicted molar refractivity (Wildman–Crippen MR) is 153 cm³/mol. The Kier molecular flexibility index (Phi) is 5.50. The Hall–Kier alpha value is -4.06. The van der Waals surface area contributed by atoms with E-state index in [9.17, 15) is 0 Å². The van der Waals surface area contributed by atoms with Gasteiger partial charge in [-0.1, -0.05) is 45.0 Å². The first-order valence-electron chi connectivity index (χ1n) is 13.8. The number of aromatic nitrogens is 4. The summed E-state index contributed by atoms with van der Waals surface area (Å²) in [5.74, 6) is 2.97. The first kappa shape index (κ1) is 23.1. The molecule has 1 unspecified atom stereocenters. The van der Waals surface area contributed by atoms with Crippen LogP contribution < -0.4 is 4.74 Å². The molecule has 7 rings (SSSR count). The Labute approximate surface area is 222 Å². The molecule has 0 saturated carbocycles. The highest BCUT2D eigenvalue weighted by Gasteiger charge is 2.29. The van der Waals surface area contributed by atoms with Crippen LogP contribution >= 0.6 is 0 Å². The van der Waals surface area contributed by atoms with E-state index in [1.165, 1.54) is 28.6 Å². The van der Waals surface area contributed by atoms with Gasteiger partial charge in [0.1, 0.15) is 24.0 Å². The smallest absolute Gasteiger partial charge is 0.130 e. The van der Waals surface area contributed by atoms with Gasteiger partial charge in [0.2, 0.25) is 0 Å². The van der Waals surface area contributed by atoms with Gasteiger partial charge in [-0.15, -0.1) is 0 Å². The van der Waals surface area contributed by atoms with Crippen molar-refractivity contribution < 1.29 is 4.74 Å². The molecule has 5 aromatic rings. The molecule has 2 aromatic heterocycles. The summed E-state index contributed by atoms with van der Waals surface area (Å²) < 4.78 is 6.32. The van der Waals surface area contributed by atoms with Crippen LogP contribution in [-0.4, -0.2) is 31.4 Å².